The number of rotatable bonds is 2. The molecule has 1 aromatic carbocycles. The van der Waals surface area contributed by atoms with E-state index >= 15 is 0 Å². The Bertz CT molecular complexity index is 533. The Morgan fingerprint density at radius 3 is 2.69 bits per heavy atom. The second kappa shape index (κ2) is 4.09. The molecule has 0 amide bonds. The summed E-state index contributed by atoms with van der Waals surface area (Å²) in [7, 11) is 0. The fraction of sp³-hybridized carbons (Fsp3) is 0.333. The van der Waals surface area contributed by atoms with Crippen molar-refractivity contribution in [3.63, 3.8) is 0 Å². The number of fused-ring (bicyclic) bond motifs is 1. The molecule has 3 nitrogen and oxygen atoms in total. The summed E-state index contributed by atoms with van der Waals surface area (Å²) in [6.07, 6.45) is 0. The van der Waals surface area contributed by atoms with Crippen LogP contribution in [0.15, 0.2) is 12.1 Å². The molecule has 1 atom stereocenters. The second-order valence-electron chi connectivity index (χ2n) is 4.07. The normalized spacial score (nSPS) is 13.3. The summed E-state index contributed by atoms with van der Waals surface area (Å²) in [5.41, 5.74) is 9.84. The molecule has 0 saturated heterocycles. The molecule has 0 aliphatic heterocycles. The number of hydrogen-bond acceptors (Lipinski definition) is 2. The SMILES string of the molecule is Cc1ccc(Cl)c2c(C)c(C(N)CO)[nH]c12. The van der Waals surface area contributed by atoms with Crippen LogP contribution in [0.4, 0.5) is 0 Å². The summed E-state index contributed by atoms with van der Waals surface area (Å²) >= 11 is 6.17. The molecular weight excluding hydrogens is 224 g/mol. The van der Waals surface area contributed by atoms with Gasteiger partial charge in [-0.2, -0.15) is 0 Å². The number of H-pyrrole nitrogens is 1. The summed E-state index contributed by atoms with van der Waals surface area (Å²) in [5, 5.41) is 10.8. The number of halogens is 1. The van der Waals surface area contributed by atoms with Gasteiger partial charge in [0.25, 0.3) is 0 Å². The van der Waals surface area contributed by atoms with Crippen LogP contribution in [0.3, 0.4) is 0 Å². The molecule has 0 saturated carbocycles. The van der Waals surface area contributed by atoms with E-state index in [9.17, 15) is 0 Å². The Labute approximate surface area is 99.2 Å². The van der Waals surface area contributed by atoms with Crippen molar-refractivity contribution >= 4 is 22.5 Å². The smallest absolute Gasteiger partial charge is 0.0685 e. The highest BCUT2D eigenvalue weighted by Crippen LogP contribution is 2.32. The third-order valence-electron chi connectivity index (χ3n) is 2.97. The molecule has 0 fully saturated rings. The number of nitrogens with two attached hydrogens (primary N) is 1. The van der Waals surface area contributed by atoms with E-state index in [1.54, 1.807) is 0 Å². The van der Waals surface area contributed by atoms with Crippen molar-refractivity contribution in [3.05, 3.63) is 34.0 Å². The molecule has 4 heteroatoms. The minimum atomic E-state index is -0.386. The van der Waals surface area contributed by atoms with Crippen molar-refractivity contribution in [2.45, 2.75) is 19.9 Å². The first-order valence-corrected chi connectivity index (χ1v) is 5.57. The monoisotopic (exact) mass is 238 g/mol. The van der Waals surface area contributed by atoms with Crippen molar-refractivity contribution in [1.82, 2.24) is 4.98 Å². The molecule has 1 aromatic heterocycles. The Morgan fingerprint density at radius 2 is 2.12 bits per heavy atom. The lowest BCUT2D eigenvalue weighted by Crippen LogP contribution is -2.15. The van der Waals surface area contributed by atoms with Crippen molar-refractivity contribution in [2.75, 3.05) is 6.61 Å². The number of nitrogens with one attached hydrogen (secondary N) is 1. The van der Waals surface area contributed by atoms with Crippen LogP contribution >= 0.6 is 11.6 Å². The molecule has 2 aromatic rings. The number of aryl methyl sites for hydroxylation is 2. The standard InChI is InChI=1S/C12H15ClN2O/c1-6-3-4-8(13)10-7(2)12(9(14)5-16)15-11(6)10/h3-4,9,15-16H,5,14H2,1-2H3. The van der Waals surface area contributed by atoms with Crippen LogP contribution in [0.25, 0.3) is 10.9 Å². The van der Waals surface area contributed by atoms with Gasteiger partial charge in [0.15, 0.2) is 0 Å². The zero-order chi connectivity index (χ0) is 11.9. The van der Waals surface area contributed by atoms with Gasteiger partial charge in [0.05, 0.1) is 23.2 Å². The largest absolute Gasteiger partial charge is 0.394 e. The van der Waals surface area contributed by atoms with Gasteiger partial charge in [-0.05, 0) is 31.0 Å². The highest BCUT2D eigenvalue weighted by molar-refractivity contribution is 6.35. The fourth-order valence-electron chi connectivity index (χ4n) is 2.03. The van der Waals surface area contributed by atoms with Crippen LogP contribution in [0.1, 0.15) is 22.9 Å². The Morgan fingerprint density at radius 1 is 1.44 bits per heavy atom. The van der Waals surface area contributed by atoms with Gasteiger partial charge in [0.1, 0.15) is 0 Å². The first kappa shape index (κ1) is 11.5. The van der Waals surface area contributed by atoms with Gasteiger partial charge < -0.3 is 15.8 Å². The van der Waals surface area contributed by atoms with Crippen LogP contribution in [0, 0.1) is 13.8 Å². The van der Waals surface area contributed by atoms with Gasteiger partial charge in [-0.15, -0.1) is 0 Å². The minimum Gasteiger partial charge on any atom is -0.394 e. The topological polar surface area (TPSA) is 62.0 Å². The number of hydrogen-bond donors (Lipinski definition) is 3. The molecule has 0 spiro atoms. The van der Waals surface area contributed by atoms with E-state index < -0.39 is 0 Å². The first-order valence-electron chi connectivity index (χ1n) is 5.20. The maximum absolute atomic E-state index is 9.10. The van der Waals surface area contributed by atoms with Crippen LogP contribution in [-0.4, -0.2) is 16.7 Å². The lowest BCUT2D eigenvalue weighted by molar-refractivity contribution is 0.266. The van der Waals surface area contributed by atoms with Crippen LogP contribution < -0.4 is 5.73 Å². The number of aliphatic hydroxyl groups excluding tert-OH is 1. The van der Waals surface area contributed by atoms with Gasteiger partial charge in [0, 0.05) is 11.1 Å². The number of aliphatic hydroxyl groups is 1. The van der Waals surface area contributed by atoms with Crippen molar-refractivity contribution in [2.24, 2.45) is 5.73 Å². The van der Waals surface area contributed by atoms with Crippen LogP contribution in [-0.2, 0) is 0 Å². The van der Waals surface area contributed by atoms with E-state index in [1.807, 2.05) is 26.0 Å². The molecule has 1 unspecified atom stereocenters. The van der Waals surface area contributed by atoms with E-state index in [-0.39, 0.29) is 12.6 Å². The third kappa shape index (κ3) is 1.61. The zero-order valence-electron chi connectivity index (χ0n) is 9.34. The molecule has 0 bridgehead atoms. The summed E-state index contributed by atoms with van der Waals surface area (Å²) in [6, 6.07) is 3.46. The van der Waals surface area contributed by atoms with Gasteiger partial charge in [-0.1, -0.05) is 17.7 Å². The van der Waals surface area contributed by atoms with Crippen molar-refractivity contribution < 1.29 is 5.11 Å². The minimum absolute atomic E-state index is 0.0790. The summed E-state index contributed by atoms with van der Waals surface area (Å²) in [6.45, 7) is 3.90. The lowest BCUT2D eigenvalue weighted by atomic mass is 10.1. The maximum atomic E-state index is 9.10. The molecule has 0 aliphatic carbocycles. The number of aromatic amines is 1. The maximum Gasteiger partial charge on any atom is 0.0685 e. The lowest BCUT2D eigenvalue weighted by Gasteiger charge is -2.06. The van der Waals surface area contributed by atoms with E-state index in [0.29, 0.717) is 5.02 Å². The van der Waals surface area contributed by atoms with Crippen LogP contribution in [0.2, 0.25) is 5.02 Å². The molecule has 4 N–H and O–H groups in total. The Balaban J connectivity index is 2.77. The van der Waals surface area contributed by atoms with Gasteiger partial charge >= 0.3 is 0 Å². The quantitative estimate of drug-likeness (QED) is 0.753. The molecule has 86 valence electrons. The van der Waals surface area contributed by atoms with E-state index in [1.165, 1.54) is 0 Å². The highest BCUT2D eigenvalue weighted by atomic mass is 35.5. The molecular formula is C12H15ClN2O. The van der Waals surface area contributed by atoms with E-state index in [0.717, 1.165) is 27.7 Å². The summed E-state index contributed by atoms with van der Waals surface area (Å²) < 4.78 is 0. The van der Waals surface area contributed by atoms with Crippen molar-refractivity contribution in [3.8, 4) is 0 Å². The average Bonchev–Trinajstić information content (AvgIpc) is 2.62. The zero-order valence-corrected chi connectivity index (χ0v) is 10.1. The van der Waals surface area contributed by atoms with E-state index in [4.69, 9.17) is 22.4 Å². The van der Waals surface area contributed by atoms with Gasteiger partial charge in [0.2, 0.25) is 0 Å². The number of benzene rings is 1. The van der Waals surface area contributed by atoms with Crippen LogP contribution in [0.5, 0.6) is 0 Å². The highest BCUT2D eigenvalue weighted by Gasteiger charge is 2.16. The fourth-order valence-corrected chi connectivity index (χ4v) is 2.33. The summed E-state index contributed by atoms with van der Waals surface area (Å²) in [4.78, 5) is 3.25. The second-order valence-corrected chi connectivity index (χ2v) is 4.47. The average molecular weight is 239 g/mol. The third-order valence-corrected chi connectivity index (χ3v) is 3.28. The molecule has 16 heavy (non-hydrogen) atoms. The summed E-state index contributed by atoms with van der Waals surface area (Å²) in [5.74, 6) is 0. The number of aromatic nitrogens is 1. The molecule has 2 rings (SSSR count). The predicted octanol–water partition coefficient (Wildman–Crippen LogP) is 2.43. The molecule has 1 heterocycles. The van der Waals surface area contributed by atoms with Gasteiger partial charge in [-0.25, -0.2) is 0 Å². The van der Waals surface area contributed by atoms with Gasteiger partial charge in [-0.3, -0.25) is 0 Å². The first-order chi connectivity index (χ1) is 7.56. The molecule has 0 aliphatic rings. The molecule has 0 radical (unpaired) electrons. The van der Waals surface area contributed by atoms with E-state index in [2.05, 4.69) is 4.98 Å². The Kier molecular flexibility index (Phi) is 2.93. The Hall–Kier alpha value is -1.03. The predicted molar refractivity (Wildman–Crippen MR) is 66.8 cm³/mol. The van der Waals surface area contributed by atoms with Crippen molar-refractivity contribution in [1.29, 1.82) is 0 Å².